The van der Waals surface area contributed by atoms with E-state index < -0.39 is 11.8 Å². The van der Waals surface area contributed by atoms with Crippen molar-refractivity contribution in [2.75, 3.05) is 19.5 Å². The molecule has 31 heavy (non-hydrogen) atoms. The lowest BCUT2D eigenvalue weighted by Crippen LogP contribution is -2.39. The molecule has 0 saturated heterocycles. The van der Waals surface area contributed by atoms with E-state index in [1.165, 1.54) is 0 Å². The second-order valence-corrected chi connectivity index (χ2v) is 7.66. The van der Waals surface area contributed by atoms with Gasteiger partial charge in [0.15, 0.2) is 5.78 Å². The average Bonchev–Trinajstić information content (AvgIpc) is 2.78. The highest BCUT2D eigenvalue weighted by Gasteiger charge is 2.43. The lowest BCUT2D eigenvalue weighted by atomic mass is 9.71. The first-order valence-electron chi connectivity index (χ1n) is 10.3. The molecule has 2 heterocycles. The van der Waals surface area contributed by atoms with Gasteiger partial charge in [0, 0.05) is 47.1 Å². The van der Waals surface area contributed by atoms with Crippen LogP contribution >= 0.6 is 0 Å². The number of nitrogens with one attached hydrogen (secondary N) is 1. The van der Waals surface area contributed by atoms with Crippen molar-refractivity contribution in [2.24, 2.45) is 10.9 Å². The summed E-state index contributed by atoms with van der Waals surface area (Å²) in [6, 6.07) is 10.8. The summed E-state index contributed by atoms with van der Waals surface area (Å²) in [6.45, 7) is 1.84. The largest absolute Gasteiger partial charge is 0.497 e. The average molecular weight is 419 g/mol. The number of carbonyl (C=O) groups is 2. The van der Waals surface area contributed by atoms with Gasteiger partial charge in [0.1, 0.15) is 17.3 Å². The van der Waals surface area contributed by atoms with Gasteiger partial charge < -0.3 is 14.8 Å². The second-order valence-electron chi connectivity index (χ2n) is 7.66. The van der Waals surface area contributed by atoms with E-state index in [1.807, 2.05) is 19.1 Å². The second kappa shape index (κ2) is 8.71. The Morgan fingerprint density at radius 3 is 2.68 bits per heavy atom. The molecule has 0 radical (unpaired) electrons. The van der Waals surface area contributed by atoms with Gasteiger partial charge in [0.25, 0.3) is 0 Å². The van der Waals surface area contributed by atoms with Crippen LogP contribution in [-0.4, -0.2) is 36.6 Å². The molecule has 1 amide bonds. The minimum atomic E-state index is -0.662. The summed E-state index contributed by atoms with van der Waals surface area (Å²) in [5.41, 5.74) is 2.83. The predicted molar refractivity (Wildman–Crippen MR) is 118 cm³/mol. The smallest absolute Gasteiger partial charge is 0.235 e. The highest BCUT2D eigenvalue weighted by Crippen LogP contribution is 2.46. The standard InChI is InChI=1S/C24H25N3O4/c1-14-21(24(29)27-20-9-4-5-12-25-20)22(23-17(26-14)7-6-8-18(23)28)16-11-10-15(30-2)13-19(16)31-3/h4-5,9-13,21-22H,6-8H2,1-3H3,(H,25,27,29)/t21?,22-/m0/s1. The van der Waals surface area contributed by atoms with Crippen molar-refractivity contribution in [3.63, 3.8) is 0 Å². The number of amides is 1. The number of ether oxygens (including phenoxy) is 2. The van der Waals surface area contributed by atoms with Crippen molar-refractivity contribution in [1.82, 2.24) is 4.98 Å². The number of allylic oxidation sites excluding steroid dienone is 2. The number of nitrogens with zero attached hydrogens (tertiary/aromatic N) is 2. The Labute approximate surface area is 181 Å². The summed E-state index contributed by atoms with van der Waals surface area (Å²) >= 11 is 0. The highest BCUT2D eigenvalue weighted by molar-refractivity contribution is 6.13. The number of pyridine rings is 1. The molecule has 7 heteroatoms. The Morgan fingerprint density at radius 1 is 1.13 bits per heavy atom. The zero-order chi connectivity index (χ0) is 22.0. The lowest BCUT2D eigenvalue weighted by molar-refractivity contribution is -0.119. The van der Waals surface area contributed by atoms with Crippen LogP contribution in [0.3, 0.4) is 0 Å². The molecule has 0 bridgehead atoms. The monoisotopic (exact) mass is 419 g/mol. The van der Waals surface area contributed by atoms with Crippen LogP contribution in [0.2, 0.25) is 0 Å². The van der Waals surface area contributed by atoms with Crippen LogP contribution in [0.25, 0.3) is 0 Å². The van der Waals surface area contributed by atoms with Gasteiger partial charge in [-0.25, -0.2) is 4.98 Å². The maximum atomic E-state index is 13.4. The lowest BCUT2D eigenvalue weighted by Gasteiger charge is -2.35. The zero-order valence-corrected chi connectivity index (χ0v) is 17.8. The molecule has 1 aliphatic carbocycles. The number of methoxy groups -OCH3 is 2. The number of anilines is 1. The van der Waals surface area contributed by atoms with Crippen LogP contribution in [-0.2, 0) is 9.59 Å². The molecule has 0 spiro atoms. The van der Waals surface area contributed by atoms with Crippen LogP contribution in [0.1, 0.15) is 37.7 Å². The number of aliphatic imine (C=N–C) groups is 1. The molecule has 7 nitrogen and oxygen atoms in total. The quantitative estimate of drug-likeness (QED) is 0.793. The predicted octanol–water partition coefficient (Wildman–Crippen LogP) is 3.92. The van der Waals surface area contributed by atoms with Crippen molar-refractivity contribution in [3.8, 4) is 11.5 Å². The molecule has 2 aliphatic rings. The summed E-state index contributed by atoms with van der Waals surface area (Å²) in [6.07, 6.45) is 3.57. The Hall–Kier alpha value is -3.48. The summed E-state index contributed by atoms with van der Waals surface area (Å²) in [7, 11) is 3.16. The highest BCUT2D eigenvalue weighted by atomic mass is 16.5. The number of hydrogen-bond donors (Lipinski definition) is 1. The van der Waals surface area contributed by atoms with E-state index >= 15 is 0 Å². The van der Waals surface area contributed by atoms with Gasteiger partial charge in [-0.2, -0.15) is 0 Å². The fourth-order valence-electron chi connectivity index (χ4n) is 4.40. The van der Waals surface area contributed by atoms with Gasteiger partial charge in [0.2, 0.25) is 5.91 Å². The van der Waals surface area contributed by atoms with Gasteiger partial charge in [-0.15, -0.1) is 0 Å². The molecule has 0 fully saturated rings. The summed E-state index contributed by atoms with van der Waals surface area (Å²) in [4.78, 5) is 35.4. The van der Waals surface area contributed by atoms with Gasteiger partial charge in [-0.05, 0) is 38.0 Å². The van der Waals surface area contributed by atoms with Crippen molar-refractivity contribution in [1.29, 1.82) is 0 Å². The molecule has 1 N–H and O–H groups in total. The molecule has 160 valence electrons. The third-order valence-electron chi connectivity index (χ3n) is 5.81. The molecule has 1 aliphatic heterocycles. The molecule has 2 aromatic rings. The van der Waals surface area contributed by atoms with E-state index in [4.69, 9.17) is 14.5 Å². The molecular formula is C24H25N3O4. The molecule has 0 saturated carbocycles. The van der Waals surface area contributed by atoms with Crippen LogP contribution in [0.5, 0.6) is 11.5 Å². The van der Waals surface area contributed by atoms with Crippen LogP contribution < -0.4 is 14.8 Å². The van der Waals surface area contributed by atoms with Crippen molar-refractivity contribution in [2.45, 2.75) is 32.1 Å². The minimum absolute atomic E-state index is 0.0380. The van der Waals surface area contributed by atoms with Gasteiger partial charge in [-0.3, -0.25) is 14.6 Å². The molecule has 1 aromatic carbocycles. The fraction of sp³-hybridized carbons (Fsp3) is 0.333. The van der Waals surface area contributed by atoms with E-state index in [1.54, 1.807) is 44.7 Å². The topological polar surface area (TPSA) is 89.9 Å². The van der Waals surface area contributed by atoms with E-state index in [-0.39, 0.29) is 11.7 Å². The zero-order valence-electron chi connectivity index (χ0n) is 17.8. The minimum Gasteiger partial charge on any atom is -0.497 e. The first-order chi connectivity index (χ1) is 15.0. The number of carbonyl (C=O) groups excluding carboxylic acids is 2. The Morgan fingerprint density at radius 2 is 1.97 bits per heavy atom. The van der Waals surface area contributed by atoms with E-state index in [0.29, 0.717) is 35.0 Å². The van der Waals surface area contributed by atoms with E-state index in [9.17, 15) is 9.59 Å². The van der Waals surface area contributed by atoms with E-state index in [0.717, 1.165) is 24.1 Å². The molecular weight excluding hydrogens is 394 g/mol. The van der Waals surface area contributed by atoms with Crippen molar-refractivity contribution < 1.29 is 19.1 Å². The van der Waals surface area contributed by atoms with Crippen LogP contribution in [0.15, 0.2) is 58.9 Å². The molecule has 4 rings (SSSR count). The SMILES string of the molecule is COc1ccc([C@@H]2C3=C(CCCC3=O)N=C(C)C2C(=O)Nc2ccccn2)c(OC)c1. The number of Topliss-reactive ketones (excluding diaryl/α,β-unsaturated/α-hetero) is 1. The molecule has 1 unspecified atom stereocenters. The summed E-state index contributed by atoms with van der Waals surface area (Å²) < 4.78 is 11.0. The van der Waals surface area contributed by atoms with Crippen molar-refractivity contribution >= 4 is 23.2 Å². The number of aromatic nitrogens is 1. The van der Waals surface area contributed by atoms with Crippen molar-refractivity contribution in [3.05, 3.63) is 59.4 Å². The number of rotatable bonds is 5. The summed E-state index contributed by atoms with van der Waals surface area (Å²) in [5, 5.41) is 2.88. The normalized spacial score (nSPS) is 20.6. The van der Waals surface area contributed by atoms with Gasteiger partial charge in [0.05, 0.1) is 20.1 Å². The van der Waals surface area contributed by atoms with Crippen LogP contribution in [0, 0.1) is 5.92 Å². The maximum absolute atomic E-state index is 13.4. The number of hydrogen-bond acceptors (Lipinski definition) is 6. The molecule has 2 atom stereocenters. The summed E-state index contributed by atoms with van der Waals surface area (Å²) in [5.74, 6) is 0.287. The van der Waals surface area contributed by atoms with Gasteiger partial charge >= 0.3 is 0 Å². The molecule has 1 aromatic heterocycles. The Kier molecular flexibility index (Phi) is 5.84. The first kappa shape index (κ1) is 20.8. The fourth-order valence-corrected chi connectivity index (χ4v) is 4.40. The van der Waals surface area contributed by atoms with E-state index in [2.05, 4.69) is 10.3 Å². The Bertz CT molecular complexity index is 1080. The first-order valence-corrected chi connectivity index (χ1v) is 10.3. The third kappa shape index (κ3) is 3.95. The number of benzene rings is 1. The van der Waals surface area contributed by atoms with Crippen LogP contribution in [0.4, 0.5) is 5.82 Å². The van der Waals surface area contributed by atoms with Gasteiger partial charge in [-0.1, -0.05) is 12.1 Å². The third-order valence-corrected chi connectivity index (χ3v) is 5.81. The Balaban J connectivity index is 1.83. The number of ketones is 1. The maximum Gasteiger partial charge on any atom is 0.235 e.